The van der Waals surface area contributed by atoms with Gasteiger partial charge in [-0.15, -0.1) is 0 Å². The van der Waals surface area contributed by atoms with E-state index in [-0.39, 0.29) is 19.5 Å². The molecule has 0 bridgehead atoms. The Morgan fingerprint density at radius 3 is 2.38 bits per heavy atom. The van der Waals surface area contributed by atoms with E-state index in [0.29, 0.717) is 6.42 Å². The van der Waals surface area contributed by atoms with Crippen LogP contribution in [0, 0.1) is 0 Å². The molecular weight excluding hydrogens is 189 g/mol. The largest absolute Gasteiger partial charge is 0.291 e. The Bertz CT molecular complexity index is 45.8. The number of hydrogen-bond acceptors (Lipinski definition) is 1. The first-order valence-electron chi connectivity index (χ1n) is 2.76. The molecule has 1 nitrogen and oxygen atoms in total. The molecule has 0 heterocycles. The molecule has 0 fully saturated rings. The average Bonchev–Trinajstić information content (AvgIpc) is 1.69. The maximum atomic E-state index is 9.55. The standard InChI is InChI=1S/C6H11O.Ru/c1-2-3-4-5-6-7;/h2-5H2,1H3;. The van der Waals surface area contributed by atoms with Crippen LogP contribution in [-0.2, 0) is 24.3 Å². The molecule has 0 unspecified atom stereocenters. The summed E-state index contributed by atoms with van der Waals surface area (Å²) in [7, 11) is 0. The zero-order valence-corrected chi connectivity index (χ0v) is 6.83. The van der Waals surface area contributed by atoms with Crippen LogP contribution in [0.1, 0.15) is 32.6 Å². The van der Waals surface area contributed by atoms with Crippen LogP contribution in [0.2, 0.25) is 0 Å². The van der Waals surface area contributed by atoms with Crippen LogP contribution < -0.4 is 0 Å². The molecule has 0 aliphatic heterocycles. The SMILES string of the molecule is CCCCC[C]=O.[Ru]. The molecule has 0 saturated heterocycles. The minimum Gasteiger partial charge on any atom is -0.291 e. The molecule has 0 N–H and O–H groups in total. The molecule has 0 aromatic rings. The fourth-order valence-corrected chi connectivity index (χ4v) is 0.447. The maximum Gasteiger partial charge on any atom is 0.198 e. The molecule has 49 valence electrons. The Kier molecular flexibility index (Phi) is 14.4. The number of hydrogen-bond donors (Lipinski definition) is 0. The van der Waals surface area contributed by atoms with Crippen molar-refractivity contribution in [2.24, 2.45) is 0 Å². The van der Waals surface area contributed by atoms with E-state index in [1.54, 1.807) is 0 Å². The van der Waals surface area contributed by atoms with Gasteiger partial charge in [0.2, 0.25) is 0 Å². The van der Waals surface area contributed by atoms with Crippen LogP contribution in [0.5, 0.6) is 0 Å². The van der Waals surface area contributed by atoms with Gasteiger partial charge in [0.25, 0.3) is 0 Å². The van der Waals surface area contributed by atoms with Crippen LogP contribution >= 0.6 is 0 Å². The molecule has 0 rings (SSSR count). The average molecular weight is 200 g/mol. The molecule has 0 aromatic carbocycles. The third-order valence-corrected chi connectivity index (χ3v) is 0.882. The van der Waals surface area contributed by atoms with Gasteiger partial charge in [-0.25, -0.2) is 0 Å². The van der Waals surface area contributed by atoms with Crippen molar-refractivity contribution in [3.8, 4) is 0 Å². The molecule has 1 radical (unpaired) electrons. The van der Waals surface area contributed by atoms with E-state index in [2.05, 4.69) is 6.92 Å². The minimum absolute atomic E-state index is 0. The zero-order valence-electron chi connectivity index (χ0n) is 5.09. The monoisotopic (exact) mass is 201 g/mol. The van der Waals surface area contributed by atoms with Crippen molar-refractivity contribution >= 4 is 6.29 Å². The molecule has 0 saturated carbocycles. The van der Waals surface area contributed by atoms with Crippen molar-refractivity contribution in [2.45, 2.75) is 32.6 Å². The van der Waals surface area contributed by atoms with Crippen molar-refractivity contribution in [2.75, 3.05) is 0 Å². The molecule has 8 heavy (non-hydrogen) atoms. The van der Waals surface area contributed by atoms with Crippen LogP contribution in [-0.4, -0.2) is 6.29 Å². The normalized spacial score (nSPS) is 7.62. The first kappa shape index (κ1) is 11.1. The smallest absolute Gasteiger partial charge is 0.198 e. The zero-order chi connectivity index (χ0) is 5.54. The topological polar surface area (TPSA) is 17.1 Å². The van der Waals surface area contributed by atoms with E-state index >= 15 is 0 Å². The van der Waals surface area contributed by atoms with E-state index in [0.717, 1.165) is 12.8 Å². The molecule has 0 amide bonds. The van der Waals surface area contributed by atoms with Crippen molar-refractivity contribution in [3.63, 3.8) is 0 Å². The Labute approximate surface area is 63.6 Å². The van der Waals surface area contributed by atoms with Crippen LogP contribution in [0.15, 0.2) is 0 Å². The van der Waals surface area contributed by atoms with E-state index in [9.17, 15) is 4.79 Å². The van der Waals surface area contributed by atoms with Crippen molar-refractivity contribution in [1.82, 2.24) is 0 Å². The van der Waals surface area contributed by atoms with Crippen LogP contribution in [0.4, 0.5) is 0 Å². The van der Waals surface area contributed by atoms with Crippen molar-refractivity contribution in [3.05, 3.63) is 0 Å². The van der Waals surface area contributed by atoms with Gasteiger partial charge in [0.1, 0.15) is 0 Å². The van der Waals surface area contributed by atoms with Gasteiger partial charge >= 0.3 is 0 Å². The number of unbranched alkanes of at least 4 members (excludes halogenated alkanes) is 3. The first-order chi connectivity index (χ1) is 3.41. The molecule has 0 aliphatic carbocycles. The summed E-state index contributed by atoms with van der Waals surface area (Å²) >= 11 is 0. The van der Waals surface area contributed by atoms with Gasteiger partial charge < -0.3 is 0 Å². The summed E-state index contributed by atoms with van der Waals surface area (Å²) < 4.78 is 0. The quantitative estimate of drug-likeness (QED) is 0.498. The fourth-order valence-electron chi connectivity index (χ4n) is 0.447. The second-order valence-corrected chi connectivity index (χ2v) is 1.60. The third kappa shape index (κ3) is 9.57. The molecule has 0 spiro atoms. The molecule has 0 atom stereocenters. The summed E-state index contributed by atoms with van der Waals surface area (Å²) in [5.74, 6) is 0. The maximum absolute atomic E-state index is 9.55. The summed E-state index contributed by atoms with van der Waals surface area (Å²) in [6.07, 6.45) is 5.83. The predicted molar refractivity (Wildman–Crippen MR) is 29.8 cm³/mol. The molecule has 0 aliphatic rings. The molecule has 0 aromatic heterocycles. The van der Waals surface area contributed by atoms with E-state index < -0.39 is 0 Å². The summed E-state index contributed by atoms with van der Waals surface area (Å²) in [6, 6.07) is 0. The van der Waals surface area contributed by atoms with Crippen molar-refractivity contribution in [1.29, 1.82) is 0 Å². The van der Waals surface area contributed by atoms with E-state index in [1.165, 1.54) is 6.42 Å². The van der Waals surface area contributed by atoms with Gasteiger partial charge in [-0.1, -0.05) is 19.8 Å². The van der Waals surface area contributed by atoms with Gasteiger partial charge in [-0.3, -0.25) is 4.79 Å². The summed E-state index contributed by atoms with van der Waals surface area (Å²) in [4.78, 5) is 9.55. The minimum atomic E-state index is 0. The van der Waals surface area contributed by atoms with E-state index in [1.807, 2.05) is 6.29 Å². The Balaban J connectivity index is 0. The Hall–Kier alpha value is 0.293. The number of rotatable bonds is 4. The summed E-state index contributed by atoms with van der Waals surface area (Å²) in [5.41, 5.74) is 0. The molecular formula is C6H11ORu. The Morgan fingerprint density at radius 2 is 2.00 bits per heavy atom. The van der Waals surface area contributed by atoms with Gasteiger partial charge in [0, 0.05) is 25.9 Å². The predicted octanol–water partition coefficient (Wildman–Crippen LogP) is 1.67. The van der Waals surface area contributed by atoms with E-state index in [4.69, 9.17) is 0 Å². The fraction of sp³-hybridized carbons (Fsp3) is 0.833. The molecule has 2 heteroatoms. The van der Waals surface area contributed by atoms with Gasteiger partial charge in [-0.2, -0.15) is 0 Å². The van der Waals surface area contributed by atoms with Crippen LogP contribution in [0.25, 0.3) is 0 Å². The second-order valence-electron chi connectivity index (χ2n) is 1.60. The number of carbonyl (C=O) groups excluding carboxylic acids is 1. The van der Waals surface area contributed by atoms with Gasteiger partial charge in [0.05, 0.1) is 0 Å². The first-order valence-corrected chi connectivity index (χ1v) is 2.76. The van der Waals surface area contributed by atoms with Gasteiger partial charge in [-0.05, 0) is 6.42 Å². The third-order valence-electron chi connectivity index (χ3n) is 0.882. The summed E-state index contributed by atoms with van der Waals surface area (Å²) in [5, 5.41) is 0. The Morgan fingerprint density at radius 1 is 1.38 bits per heavy atom. The van der Waals surface area contributed by atoms with Crippen LogP contribution in [0.3, 0.4) is 0 Å². The summed E-state index contributed by atoms with van der Waals surface area (Å²) in [6.45, 7) is 2.12. The van der Waals surface area contributed by atoms with Crippen molar-refractivity contribution < 1.29 is 24.3 Å². The second kappa shape index (κ2) is 10.3. The van der Waals surface area contributed by atoms with Gasteiger partial charge in [0.15, 0.2) is 6.29 Å².